The van der Waals surface area contributed by atoms with E-state index in [0.717, 1.165) is 5.56 Å². The minimum atomic E-state index is -0.336. The number of hydrogen-bond acceptors (Lipinski definition) is 5. The van der Waals surface area contributed by atoms with Gasteiger partial charge in [0, 0.05) is 30.5 Å². The van der Waals surface area contributed by atoms with Crippen molar-refractivity contribution in [3.63, 3.8) is 0 Å². The van der Waals surface area contributed by atoms with Crippen molar-refractivity contribution in [2.24, 2.45) is 0 Å². The fraction of sp³-hybridized carbons (Fsp3) is 0.286. The van der Waals surface area contributed by atoms with Gasteiger partial charge in [-0.05, 0) is 61.1 Å². The number of amides is 2. The number of rotatable bonds is 8. The molecule has 0 spiro atoms. The summed E-state index contributed by atoms with van der Waals surface area (Å²) in [6.45, 7) is 4.62. The standard InChI is InChI=1S/C21H25N3O4S/c1-4-19(25)23-18-13-16(8-5-14(18)2)22-21(29)24-20(26)15-6-9-17(10-7-15)28-12-11-27-3/h5-10,13H,4,11-12H2,1-3H3,(H,23,25)(H2,22,24,26,29). The first-order valence-electron chi connectivity index (χ1n) is 9.17. The maximum Gasteiger partial charge on any atom is 0.257 e. The number of methoxy groups -OCH3 is 1. The Morgan fingerprint density at radius 3 is 2.41 bits per heavy atom. The lowest BCUT2D eigenvalue weighted by Gasteiger charge is -2.13. The van der Waals surface area contributed by atoms with Crippen LogP contribution >= 0.6 is 12.2 Å². The topological polar surface area (TPSA) is 88.7 Å². The SMILES string of the molecule is CCC(=O)Nc1cc(NC(=S)NC(=O)c2ccc(OCCOC)cc2)ccc1C. The highest BCUT2D eigenvalue weighted by molar-refractivity contribution is 7.80. The van der Waals surface area contributed by atoms with Gasteiger partial charge in [-0.15, -0.1) is 0 Å². The molecule has 0 heterocycles. The van der Waals surface area contributed by atoms with Crippen LogP contribution in [0.2, 0.25) is 0 Å². The molecule has 0 atom stereocenters. The van der Waals surface area contributed by atoms with Crippen LogP contribution in [0.25, 0.3) is 0 Å². The molecule has 2 aromatic rings. The maximum atomic E-state index is 12.4. The second-order valence-corrected chi connectivity index (χ2v) is 6.61. The number of thiocarbonyl (C=S) groups is 1. The van der Waals surface area contributed by atoms with Crippen molar-refractivity contribution in [1.29, 1.82) is 0 Å². The van der Waals surface area contributed by atoms with E-state index in [9.17, 15) is 9.59 Å². The highest BCUT2D eigenvalue weighted by Crippen LogP contribution is 2.20. The number of anilines is 2. The summed E-state index contributed by atoms with van der Waals surface area (Å²) in [5, 5.41) is 8.59. The van der Waals surface area contributed by atoms with Crippen LogP contribution in [-0.2, 0) is 9.53 Å². The van der Waals surface area contributed by atoms with E-state index in [1.54, 1.807) is 44.4 Å². The zero-order valence-electron chi connectivity index (χ0n) is 16.7. The van der Waals surface area contributed by atoms with Crippen LogP contribution < -0.4 is 20.7 Å². The second-order valence-electron chi connectivity index (χ2n) is 6.21. The van der Waals surface area contributed by atoms with E-state index in [1.165, 1.54) is 0 Å². The lowest BCUT2D eigenvalue weighted by Crippen LogP contribution is -2.34. The van der Waals surface area contributed by atoms with Crippen LogP contribution in [0, 0.1) is 6.92 Å². The summed E-state index contributed by atoms with van der Waals surface area (Å²) in [5.41, 5.74) is 2.74. The largest absolute Gasteiger partial charge is 0.491 e. The molecule has 29 heavy (non-hydrogen) atoms. The van der Waals surface area contributed by atoms with Crippen LogP contribution in [0.5, 0.6) is 5.75 Å². The molecular formula is C21H25N3O4S. The molecule has 2 aromatic carbocycles. The van der Waals surface area contributed by atoms with Crippen molar-refractivity contribution < 1.29 is 19.1 Å². The number of carbonyl (C=O) groups is 2. The number of nitrogens with one attached hydrogen (secondary N) is 3. The normalized spacial score (nSPS) is 10.2. The Hall–Kier alpha value is -2.97. The quantitative estimate of drug-likeness (QED) is 0.452. The van der Waals surface area contributed by atoms with Gasteiger partial charge < -0.3 is 20.1 Å². The lowest BCUT2D eigenvalue weighted by molar-refractivity contribution is -0.115. The molecule has 0 saturated heterocycles. The predicted octanol–water partition coefficient (Wildman–Crippen LogP) is 3.50. The number of carbonyl (C=O) groups excluding carboxylic acids is 2. The van der Waals surface area contributed by atoms with Crippen molar-refractivity contribution in [2.45, 2.75) is 20.3 Å². The number of hydrogen-bond donors (Lipinski definition) is 3. The van der Waals surface area contributed by atoms with Crippen molar-refractivity contribution >= 4 is 40.5 Å². The van der Waals surface area contributed by atoms with Crippen LogP contribution in [0.15, 0.2) is 42.5 Å². The molecule has 0 fully saturated rings. The van der Waals surface area contributed by atoms with Gasteiger partial charge >= 0.3 is 0 Å². The van der Waals surface area contributed by atoms with E-state index in [1.807, 2.05) is 19.1 Å². The van der Waals surface area contributed by atoms with Crippen molar-refractivity contribution in [3.8, 4) is 5.75 Å². The highest BCUT2D eigenvalue weighted by atomic mass is 32.1. The molecule has 3 N–H and O–H groups in total. The Morgan fingerprint density at radius 1 is 1.03 bits per heavy atom. The van der Waals surface area contributed by atoms with E-state index in [0.29, 0.717) is 42.3 Å². The molecule has 0 bridgehead atoms. The average Bonchev–Trinajstić information content (AvgIpc) is 2.71. The molecule has 0 radical (unpaired) electrons. The van der Waals surface area contributed by atoms with Crippen molar-refractivity contribution in [3.05, 3.63) is 53.6 Å². The number of ether oxygens (including phenoxy) is 2. The summed E-state index contributed by atoms with van der Waals surface area (Å²) in [5.74, 6) is 0.244. The zero-order chi connectivity index (χ0) is 21.2. The Labute approximate surface area is 175 Å². The molecule has 0 aliphatic rings. The summed E-state index contributed by atoms with van der Waals surface area (Å²) in [4.78, 5) is 24.0. The van der Waals surface area contributed by atoms with Gasteiger partial charge in [0.05, 0.1) is 6.61 Å². The minimum Gasteiger partial charge on any atom is -0.491 e. The number of aryl methyl sites for hydroxylation is 1. The Morgan fingerprint density at radius 2 is 1.76 bits per heavy atom. The van der Waals surface area contributed by atoms with E-state index >= 15 is 0 Å². The maximum absolute atomic E-state index is 12.4. The summed E-state index contributed by atoms with van der Waals surface area (Å²) in [7, 11) is 1.60. The van der Waals surface area contributed by atoms with Crippen molar-refractivity contribution in [1.82, 2.24) is 5.32 Å². The van der Waals surface area contributed by atoms with Crippen LogP contribution in [-0.4, -0.2) is 37.3 Å². The molecule has 2 amide bonds. The van der Waals surface area contributed by atoms with Gasteiger partial charge in [-0.25, -0.2) is 0 Å². The van der Waals surface area contributed by atoms with Crippen LogP contribution in [0.4, 0.5) is 11.4 Å². The van der Waals surface area contributed by atoms with Crippen LogP contribution in [0.1, 0.15) is 29.3 Å². The monoisotopic (exact) mass is 415 g/mol. The van der Waals surface area contributed by atoms with Crippen molar-refractivity contribution in [2.75, 3.05) is 31.0 Å². The molecule has 0 aliphatic carbocycles. The molecule has 0 aromatic heterocycles. The fourth-order valence-corrected chi connectivity index (χ4v) is 2.57. The first-order valence-corrected chi connectivity index (χ1v) is 9.58. The molecule has 154 valence electrons. The Balaban J connectivity index is 1.94. The molecule has 0 saturated carbocycles. The third-order valence-corrected chi connectivity index (χ3v) is 4.19. The van der Waals surface area contributed by atoms with E-state index < -0.39 is 0 Å². The van der Waals surface area contributed by atoms with Gasteiger partial charge in [0.1, 0.15) is 12.4 Å². The van der Waals surface area contributed by atoms with Gasteiger partial charge in [0.2, 0.25) is 5.91 Å². The lowest BCUT2D eigenvalue weighted by atomic mass is 10.1. The van der Waals surface area contributed by atoms with E-state index in [4.69, 9.17) is 21.7 Å². The fourth-order valence-electron chi connectivity index (χ4n) is 2.36. The minimum absolute atomic E-state index is 0.0734. The van der Waals surface area contributed by atoms with Gasteiger partial charge in [0.15, 0.2) is 5.11 Å². The summed E-state index contributed by atoms with van der Waals surface area (Å²) in [6.07, 6.45) is 0.391. The Bertz CT molecular complexity index is 869. The molecule has 2 rings (SSSR count). The first-order chi connectivity index (χ1) is 13.9. The van der Waals surface area contributed by atoms with Gasteiger partial charge in [-0.3, -0.25) is 14.9 Å². The smallest absolute Gasteiger partial charge is 0.257 e. The molecule has 7 nitrogen and oxygen atoms in total. The third-order valence-electron chi connectivity index (χ3n) is 3.99. The second kappa shape index (κ2) is 11.1. The van der Waals surface area contributed by atoms with Gasteiger partial charge in [-0.2, -0.15) is 0 Å². The average molecular weight is 416 g/mol. The summed E-state index contributed by atoms with van der Waals surface area (Å²) >= 11 is 5.23. The molecule has 0 unspecified atom stereocenters. The van der Waals surface area contributed by atoms with Crippen LogP contribution in [0.3, 0.4) is 0 Å². The Kier molecular flexibility index (Phi) is 8.57. The predicted molar refractivity (Wildman–Crippen MR) is 118 cm³/mol. The highest BCUT2D eigenvalue weighted by Gasteiger charge is 2.10. The summed E-state index contributed by atoms with van der Waals surface area (Å²) < 4.78 is 10.4. The van der Waals surface area contributed by atoms with Gasteiger partial charge in [-0.1, -0.05) is 13.0 Å². The zero-order valence-corrected chi connectivity index (χ0v) is 17.5. The van der Waals surface area contributed by atoms with E-state index in [-0.39, 0.29) is 16.9 Å². The summed E-state index contributed by atoms with van der Waals surface area (Å²) in [6, 6.07) is 12.2. The number of benzene rings is 2. The van der Waals surface area contributed by atoms with Gasteiger partial charge in [0.25, 0.3) is 5.91 Å². The van der Waals surface area contributed by atoms with E-state index in [2.05, 4.69) is 16.0 Å². The molecule has 0 aliphatic heterocycles. The third kappa shape index (κ3) is 7.17. The molecule has 8 heteroatoms. The molecular weight excluding hydrogens is 390 g/mol. The first kappa shape index (κ1) is 22.3.